The van der Waals surface area contributed by atoms with Gasteiger partial charge in [0.05, 0.1) is 42.3 Å². The highest BCUT2D eigenvalue weighted by Crippen LogP contribution is 2.43. The third-order valence-electron chi connectivity index (χ3n) is 7.13. The van der Waals surface area contributed by atoms with E-state index in [0.29, 0.717) is 24.5 Å². The predicted octanol–water partition coefficient (Wildman–Crippen LogP) is 2.92. The Balaban J connectivity index is 1.61. The van der Waals surface area contributed by atoms with Crippen molar-refractivity contribution in [2.45, 2.75) is 51.4 Å². The van der Waals surface area contributed by atoms with Gasteiger partial charge in [-0.2, -0.15) is 0 Å². The van der Waals surface area contributed by atoms with Gasteiger partial charge >= 0.3 is 5.97 Å². The summed E-state index contributed by atoms with van der Waals surface area (Å²) >= 11 is 0. The van der Waals surface area contributed by atoms with Crippen LogP contribution in [0.15, 0.2) is 23.0 Å². The summed E-state index contributed by atoms with van der Waals surface area (Å²) in [6, 6.07) is 5.51. The summed E-state index contributed by atoms with van der Waals surface area (Å²) in [4.78, 5) is 30.7. The molecule has 0 amide bonds. The summed E-state index contributed by atoms with van der Waals surface area (Å²) in [5.41, 5.74) is 3.17. The molecule has 8 heteroatoms. The molecule has 0 bridgehead atoms. The molecule has 0 fully saturated rings. The first-order valence-electron chi connectivity index (χ1n) is 11.3. The van der Waals surface area contributed by atoms with Gasteiger partial charge in [-0.3, -0.25) is 9.18 Å². The number of hydrogen-bond acceptors (Lipinski definition) is 6. The van der Waals surface area contributed by atoms with Gasteiger partial charge in [-0.1, -0.05) is 0 Å². The van der Waals surface area contributed by atoms with Crippen molar-refractivity contribution in [1.82, 2.24) is 9.55 Å². The largest absolute Gasteiger partial charge is 0.494 e. The molecular formula is C25H23FN2O5. The molecule has 0 spiro atoms. The van der Waals surface area contributed by atoms with Gasteiger partial charge < -0.3 is 19.1 Å². The van der Waals surface area contributed by atoms with E-state index in [0.717, 1.165) is 47.0 Å². The van der Waals surface area contributed by atoms with Crippen LogP contribution in [0.25, 0.3) is 22.3 Å². The van der Waals surface area contributed by atoms with Crippen molar-refractivity contribution in [3.05, 3.63) is 56.4 Å². The monoisotopic (exact) mass is 450 g/mol. The Kier molecular flexibility index (Phi) is 4.39. The maximum Gasteiger partial charge on any atom is 0.343 e. The van der Waals surface area contributed by atoms with Gasteiger partial charge in [0, 0.05) is 28.5 Å². The van der Waals surface area contributed by atoms with Gasteiger partial charge in [0.1, 0.15) is 12.4 Å². The molecule has 1 atom stereocenters. The highest BCUT2D eigenvalue weighted by molar-refractivity contribution is 5.93. The van der Waals surface area contributed by atoms with Gasteiger partial charge in [-0.05, 0) is 49.9 Å². The van der Waals surface area contributed by atoms with Crippen LogP contribution in [0.5, 0.6) is 5.75 Å². The average molecular weight is 450 g/mol. The second-order valence-corrected chi connectivity index (χ2v) is 8.83. The summed E-state index contributed by atoms with van der Waals surface area (Å²) in [6.45, 7) is 1.76. The Bertz CT molecular complexity index is 1410. The quantitative estimate of drug-likeness (QED) is 0.481. The third-order valence-corrected chi connectivity index (χ3v) is 7.13. The fraction of sp³-hybridized carbons (Fsp3) is 0.400. The van der Waals surface area contributed by atoms with Crippen molar-refractivity contribution in [3.8, 4) is 17.1 Å². The SMILES string of the molecule is CCOc1ccc2nc3c(c4c2c1CCC4)Cn1c-3cc2c(c1=O)COC(=O)C2(O)CCF. The molecule has 3 aromatic rings. The van der Waals surface area contributed by atoms with E-state index < -0.39 is 24.7 Å². The molecule has 0 radical (unpaired) electrons. The lowest BCUT2D eigenvalue weighted by atomic mass is 9.85. The lowest BCUT2D eigenvalue weighted by molar-refractivity contribution is -0.173. The summed E-state index contributed by atoms with van der Waals surface area (Å²) in [5, 5.41) is 12.1. The molecule has 0 saturated heterocycles. The molecule has 7 nitrogen and oxygen atoms in total. The van der Waals surface area contributed by atoms with E-state index in [1.165, 1.54) is 5.56 Å². The number of rotatable bonds is 4. The van der Waals surface area contributed by atoms with Crippen molar-refractivity contribution < 1.29 is 23.8 Å². The van der Waals surface area contributed by atoms with Gasteiger partial charge in [-0.25, -0.2) is 9.78 Å². The lowest BCUT2D eigenvalue weighted by Gasteiger charge is -2.32. The lowest BCUT2D eigenvalue weighted by Crippen LogP contribution is -2.45. The molecule has 3 aliphatic rings. The van der Waals surface area contributed by atoms with E-state index >= 15 is 0 Å². The second kappa shape index (κ2) is 7.12. The Labute approximate surface area is 188 Å². The van der Waals surface area contributed by atoms with Crippen molar-refractivity contribution in [3.63, 3.8) is 0 Å². The van der Waals surface area contributed by atoms with Gasteiger partial charge in [-0.15, -0.1) is 0 Å². The maximum absolute atomic E-state index is 13.4. The standard InChI is InChI=1S/C25H23FN2O5/c1-2-32-20-7-6-18-21-13(4-3-5-14(20)21)15-11-28-19(22(15)27-18)10-17-16(23(28)29)12-33-24(30)25(17,31)8-9-26/h6-7,10,31H,2-5,8-9,11-12H2,1H3. The molecule has 2 aliphatic heterocycles. The smallest absolute Gasteiger partial charge is 0.343 e. The minimum absolute atomic E-state index is 0.128. The Morgan fingerprint density at radius 3 is 2.82 bits per heavy atom. The number of hydrogen-bond donors (Lipinski definition) is 1. The summed E-state index contributed by atoms with van der Waals surface area (Å²) < 4.78 is 25.8. The molecule has 1 unspecified atom stereocenters. The van der Waals surface area contributed by atoms with Crippen LogP contribution in [0.2, 0.25) is 0 Å². The van der Waals surface area contributed by atoms with Crippen LogP contribution in [-0.4, -0.2) is 33.9 Å². The zero-order chi connectivity index (χ0) is 22.9. The fourth-order valence-corrected chi connectivity index (χ4v) is 5.62. The number of halogens is 1. The Morgan fingerprint density at radius 1 is 1.21 bits per heavy atom. The van der Waals surface area contributed by atoms with Gasteiger partial charge in [0.2, 0.25) is 0 Å². The number of carbonyl (C=O) groups excluding carboxylic acids is 1. The molecule has 4 heterocycles. The predicted molar refractivity (Wildman–Crippen MR) is 118 cm³/mol. The molecule has 1 aromatic carbocycles. The van der Waals surface area contributed by atoms with Crippen LogP contribution in [0.4, 0.5) is 4.39 Å². The summed E-state index contributed by atoms with van der Waals surface area (Å²) in [7, 11) is 0. The molecule has 0 saturated carbocycles. The zero-order valence-corrected chi connectivity index (χ0v) is 18.2. The molecule has 6 rings (SSSR count). The third kappa shape index (κ3) is 2.67. The van der Waals surface area contributed by atoms with Crippen molar-refractivity contribution in [1.29, 1.82) is 0 Å². The number of nitrogens with zero attached hydrogens (tertiary/aromatic N) is 2. The molecule has 33 heavy (non-hydrogen) atoms. The first-order valence-corrected chi connectivity index (χ1v) is 11.3. The highest BCUT2D eigenvalue weighted by atomic mass is 19.1. The topological polar surface area (TPSA) is 90.7 Å². The number of ether oxygens (including phenoxy) is 2. The van der Waals surface area contributed by atoms with E-state index in [4.69, 9.17) is 14.5 Å². The van der Waals surface area contributed by atoms with Crippen LogP contribution in [0, 0.1) is 0 Å². The highest BCUT2D eigenvalue weighted by Gasteiger charge is 2.46. The number of aryl methyl sites for hydroxylation is 2. The number of pyridine rings is 2. The van der Waals surface area contributed by atoms with Crippen molar-refractivity contribution >= 4 is 16.9 Å². The number of alkyl halides is 1. The minimum Gasteiger partial charge on any atom is -0.494 e. The van der Waals surface area contributed by atoms with Crippen LogP contribution in [-0.2, 0) is 41.1 Å². The van der Waals surface area contributed by atoms with E-state index in [-0.39, 0.29) is 23.3 Å². The molecule has 2 aromatic heterocycles. The summed E-state index contributed by atoms with van der Waals surface area (Å²) in [5.74, 6) is -0.0485. The normalized spacial score (nSPS) is 20.3. The van der Waals surface area contributed by atoms with Crippen LogP contribution < -0.4 is 10.3 Å². The zero-order valence-electron chi connectivity index (χ0n) is 18.2. The van der Waals surface area contributed by atoms with Gasteiger partial charge in [0.15, 0.2) is 5.60 Å². The minimum atomic E-state index is -2.18. The number of aromatic nitrogens is 2. The molecular weight excluding hydrogens is 427 g/mol. The van der Waals surface area contributed by atoms with Crippen LogP contribution >= 0.6 is 0 Å². The first-order chi connectivity index (χ1) is 16.0. The molecule has 1 aliphatic carbocycles. The number of benzene rings is 1. The Morgan fingerprint density at radius 2 is 2.03 bits per heavy atom. The van der Waals surface area contributed by atoms with E-state index in [2.05, 4.69) is 0 Å². The van der Waals surface area contributed by atoms with E-state index in [1.807, 2.05) is 19.1 Å². The van der Waals surface area contributed by atoms with Crippen molar-refractivity contribution in [2.75, 3.05) is 13.3 Å². The van der Waals surface area contributed by atoms with E-state index in [9.17, 15) is 19.1 Å². The number of esters is 1. The second-order valence-electron chi connectivity index (χ2n) is 8.83. The number of fused-ring (bicyclic) bond motifs is 5. The van der Waals surface area contributed by atoms with Crippen LogP contribution in [0.1, 0.15) is 47.6 Å². The number of carbonyl (C=O) groups is 1. The van der Waals surface area contributed by atoms with E-state index in [1.54, 1.807) is 10.6 Å². The van der Waals surface area contributed by atoms with Crippen molar-refractivity contribution in [2.24, 2.45) is 0 Å². The molecule has 1 N–H and O–H groups in total. The average Bonchev–Trinajstić information content (AvgIpc) is 3.18. The molecule has 170 valence electrons. The first kappa shape index (κ1) is 20.4. The number of cyclic esters (lactones) is 1. The fourth-order valence-electron chi connectivity index (χ4n) is 5.62. The summed E-state index contributed by atoms with van der Waals surface area (Å²) in [6.07, 6.45) is 2.30. The number of aliphatic hydroxyl groups is 1. The maximum atomic E-state index is 13.4. The van der Waals surface area contributed by atoms with Crippen LogP contribution in [0.3, 0.4) is 0 Å². The Hall–Kier alpha value is -3.26. The van der Waals surface area contributed by atoms with Gasteiger partial charge in [0.25, 0.3) is 5.56 Å².